The maximum absolute atomic E-state index is 13.2. The number of benzene rings is 1. The molecule has 0 spiro atoms. The second-order valence-corrected chi connectivity index (χ2v) is 11.7. The quantitative estimate of drug-likeness (QED) is 0.573. The Labute approximate surface area is 184 Å². The topological polar surface area (TPSA) is 69.7 Å². The van der Waals surface area contributed by atoms with E-state index >= 15 is 0 Å². The molecule has 0 saturated carbocycles. The molecule has 0 aromatic heterocycles. The zero-order chi connectivity index (χ0) is 23.3. The largest absolute Gasteiger partial charge is 0.377 e. The number of nitrogens with zero attached hydrogens (tertiary/aromatic N) is 2. The van der Waals surface area contributed by atoms with Gasteiger partial charge < -0.3 is 9.80 Å². The zero-order valence-corrected chi connectivity index (χ0v) is 21.1. The Morgan fingerprint density at radius 3 is 2.20 bits per heavy atom. The minimum absolute atomic E-state index is 0.0651. The second-order valence-electron chi connectivity index (χ2n) is 9.90. The molecular weight excluding hydrogens is 398 g/mol. The normalized spacial score (nSPS) is 13.3. The average Bonchev–Trinajstić information content (AvgIpc) is 2.56. The van der Waals surface area contributed by atoms with E-state index in [4.69, 9.17) is 0 Å². The first-order chi connectivity index (χ1) is 13.7. The molecule has 0 aliphatic heterocycles. The lowest BCUT2D eigenvalue weighted by molar-refractivity contribution is -0.136. The van der Waals surface area contributed by atoms with Gasteiger partial charge in [-0.1, -0.05) is 41.5 Å². The number of hydrogen-bond donors (Lipinski definition) is 1. The molecule has 1 aromatic carbocycles. The smallest absolute Gasteiger partial charge is 0.232 e. The predicted octanol–water partition coefficient (Wildman–Crippen LogP) is 4.71. The SMILES string of the molecule is CCCS(=O)(=O)Nc1ccc(N(C)C)c(CN(C(=O)CC(C)(C)C)C(C)C(C)C)c1. The third-order valence-electron chi connectivity index (χ3n) is 5.11. The van der Waals surface area contributed by atoms with Crippen LogP contribution in [0.4, 0.5) is 11.4 Å². The lowest BCUT2D eigenvalue weighted by atomic mass is 9.90. The highest BCUT2D eigenvalue weighted by atomic mass is 32.2. The predicted molar refractivity (Wildman–Crippen MR) is 127 cm³/mol. The van der Waals surface area contributed by atoms with Crippen LogP contribution in [0.3, 0.4) is 0 Å². The van der Waals surface area contributed by atoms with Crippen molar-refractivity contribution in [1.82, 2.24) is 4.90 Å². The molecule has 0 radical (unpaired) electrons. The summed E-state index contributed by atoms with van der Waals surface area (Å²) in [4.78, 5) is 17.1. The fraction of sp³-hybridized carbons (Fsp3) is 0.696. The average molecular weight is 440 g/mol. The fourth-order valence-electron chi connectivity index (χ4n) is 3.27. The molecule has 0 saturated heterocycles. The summed E-state index contributed by atoms with van der Waals surface area (Å²) in [6, 6.07) is 5.60. The monoisotopic (exact) mass is 439 g/mol. The van der Waals surface area contributed by atoms with Gasteiger partial charge in [-0.05, 0) is 48.4 Å². The van der Waals surface area contributed by atoms with Crippen molar-refractivity contribution in [3.63, 3.8) is 0 Å². The molecule has 1 aromatic rings. The van der Waals surface area contributed by atoms with Crippen molar-refractivity contribution in [2.45, 2.75) is 73.9 Å². The van der Waals surface area contributed by atoms with E-state index < -0.39 is 10.0 Å². The number of anilines is 2. The lowest BCUT2D eigenvalue weighted by Gasteiger charge is -2.35. The van der Waals surface area contributed by atoms with E-state index in [-0.39, 0.29) is 23.1 Å². The van der Waals surface area contributed by atoms with Gasteiger partial charge in [0, 0.05) is 44.5 Å². The minimum atomic E-state index is -3.38. The summed E-state index contributed by atoms with van der Waals surface area (Å²) in [6.45, 7) is 14.8. The van der Waals surface area contributed by atoms with Gasteiger partial charge in [-0.3, -0.25) is 9.52 Å². The number of sulfonamides is 1. The summed E-state index contributed by atoms with van der Waals surface area (Å²) in [6.07, 6.45) is 1.02. The second kappa shape index (κ2) is 10.5. The third-order valence-corrected chi connectivity index (χ3v) is 6.60. The van der Waals surface area contributed by atoms with Gasteiger partial charge in [-0.2, -0.15) is 0 Å². The van der Waals surface area contributed by atoms with Crippen LogP contribution in [0.2, 0.25) is 0 Å². The Morgan fingerprint density at radius 1 is 1.13 bits per heavy atom. The molecule has 0 aliphatic carbocycles. The van der Waals surface area contributed by atoms with Gasteiger partial charge in [0.1, 0.15) is 0 Å². The molecule has 7 heteroatoms. The van der Waals surface area contributed by atoms with Crippen molar-refractivity contribution in [3.8, 4) is 0 Å². The van der Waals surface area contributed by atoms with Crippen LogP contribution in [-0.4, -0.2) is 45.1 Å². The highest BCUT2D eigenvalue weighted by Gasteiger charge is 2.27. The van der Waals surface area contributed by atoms with Gasteiger partial charge in [-0.25, -0.2) is 8.42 Å². The zero-order valence-electron chi connectivity index (χ0n) is 20.2. The van der Waals surface area contributed by atoms with Crippen LogP contribution < -0.4 is 9.62 Å². The summed E-state index contributed by atoms with van der Waals surface area (Å²) >= 11 is 0. The molecule has 172 valence electrons. The number of nitrogens with one attached hydrogen (secondary N) is 1. The van der Waals surface area contributed by atoms with E-state index in [1.165, 1.54) is 0 Å². The number of carbonyl (C=O) groups is 1. The van der Waals surface area contributed by atoms with Gasteiger partial charge in [0.25, 0.3) is 0 Å². The number of rotatable bonds is 10. The van der Waals surface area contributed by atoms with Crippen molar-refractivity contribution in [2.24, 2.45) is 11.3 Å². The maximum atomic E-state index is 13.2. The summed E-state index contributed by atoms with van der Waals surface area (Å²) in [5.74, 6) is 0.506. The molecule has 6 nitrogen and oxygen atoms in total. The van der Waals surface area contributed by atoms with Crippen LogP contribution in [-0.2, 0) is 21.4 Å². The van der Waals surface area contributed by atoms with Crippen molar-refractivity contribution < 1.29 is 13.2 Å². The standard InChI is InChI=1S/C23H41N3O3S/c1-10-13-30(28,29)24-20-11-12-21(25(8)9)19(14-20)16-26(18(4)17(2)3)22(27)15-23(5,6)7/h11-12,14,17-18,24H,10,13,15-16H2,1-9H3. The summed E-state index contributed by atoms with van der Waals surface area (Å²) in [7, 11) is 0.525. The highest BCUT2D eigenvalue weighted by Crippen LogP contribution is 2.29. The van der Waals surface area contributed by atoms with E-state index in [0.29, 0.717) is 31.0 Å². The molecule has 1 atom stereocenters. The van der Waals surface area contributed by atoms with E-state index in [9.17, 15) is 13.2 Å². The van der Waals surface area contributed by atoms with E-state index in [1.54, 1.807) is 6.07 Å². The molecular formula is C23H41N3O3S. The Kier molecular flexibility index (Phi) is 9.21. The first-order valence-electron chi connectivity index (χ1n) is 10.8. The molecule has 1 N–H and O–H groups in total. The Hall–Kier alpha value is -1.76. The Balaban J connectivity index is 3.34. The van der Waals surface area contributed by atoms with Crippen LogP contribution in [0.1, 0.15) is 66.9 Å². The maximum Gasteiger partial charge on any atom is 0.232 e. The number of carbonyl (C=O) groups excluding carboxylic acids is 1. The van der Waals surface area contributed by atoms with E-state index in [0.717, 1.165) is 11.3 Å². The van der Waals surface area contributed by atoms with Gasteiger partial charge in [0.2, 0.25) is 15.9 Å². The molecule has 1 rings (SSSR count). The molecule has 1 unspecified atom stereocenters. The lowest BCUT2D eigenvalue weighted by Crippen LogP contribution is -2.42. The first kappa shape index (κ1) is 26.3. The number of hydrogen-bond acceptors (Lipinski definition) is 4. The van der Waals surface area contributed by atoms with Crippen LogP contribution >= 0.6 is 0 Å². The molecule has 0 bridgehead atoms. The molecule has 1 amide bonds. The molecule has 0 fully saturated rings. The van der Waals surface area contributed by atoms with Gasteiger partial charge in [0.05, 0.1) is 5.75 Å². The van der Waals surface area contributed by atoms with E-state index in [1.807, 2.05) is 43.0 Å². The number of amides is 1. The van der Waals surface area contributed by atoms with Crippen LogP contribution in [0.25, 0.3) is 0 Å². The third kappa shape index (κ3) is 8.17. The minimum Gasteiger partial charge on any atom is -0.377 e. The summed E-state index contributed by atoms with van der Waals surface area (Å²) in [5, 5.41) is 0. The molecule has 0 heterocycles. The van der Waals surface area contributed by atoms with Crippen molar-refractivity contribution >= 4 is 27.3 Å². The molecule has 0 aliphatic rings. The summed E-state index contributed by atoms with van der Waals surface area (Å²) < 4.78 is 27.1. The van der Waals surface area contributed by atoms with Gasteiger partial charge >= 0.3 is 0 Å². The fourth-order valence-corrected chi connectivity index (χ4v) is 4.39. The summed E-state index contributed by atoms with van der Waals surface area (Å²) in [5.41, 5.74) is 2.32. The highest BCUT2D eigenvalue weighted by molar-refractivity contribution is 7.92. The van der Waals surface area contributed by atoms with Crippen molar-refractivity contribution in [3.05, 3.63) is 23.8 Å². The van der Waals surface area contributed by atoms with Gasteiger partial charge in [-0.15, -0.1) is 0 Å². The van der Waals surface area contributed by atoms with Crippen molar-refractivity contribution in [2.75, 3.05) is 29.5 Å². The first-order valence-corrected chi connectivity index (χ1v) is 12.4. The Bertz CT molecular complexity index is 811. The molecule has 30 heavy (non-hydrogen) atoms. The van der Waals surface area contributed by atoms with Gasteiger partial charge in [0.15, 0.2) is 0 Å². The van der Waals surface area contributed by atoms with Crippen LogP contribution in [0, 0.1) is 11.3 Å². The van der Waals surface area contributed by atoms with Crippen LogP contribution in [0.5, 0.6) is 0 Å². The van der Waals surface area contributed by atoms with Crippen molar-refractivity contribution in [1.29, 1.82) is 0 Å². The Morgan fingerprint density at radius 2 is 1.73 bits per heavy atom. The van der Waals surface area contributed by atoms with E-state index in [2.05, 4.69) is 46.3 Å². The van der Waals surface area contributed by atoms with Crippen LogP contribution in [0.15, 0.2) is 18.2 Å².